The molecule has 3 rings (SSSR count). The van der Waals surface area contributed by atoms with Crippen LogP contribution in [0.2, 0.25) is 0 Å². The molecule has 1 aromatic heterocycles. The highest BCUT2D eigenvalue weighted by atomic mass is 32.1. The van der Waals surface area contributed by atoms with Crippen molar-refractivity contribution in [1.29, 1.82) is 0 Å². The zero-order chi connectivity index (χ0) is 20.6. The maximum absolute atomic E-state index is 13.5. The van der Waals surface area contributed by atoms with Crippen LogP contribution < -0.4 is 10.6 Å². The molecule has 2 N–H and O–H groups in total. The van der Waals surface area contributed by atoms with Gasteiger partial charge in [0.15, 0.2) is 0 Å². The zero-order valence-corrected chi connectivity index (χ0v) is 16.1. The Balaban J connectivity index is 1.42. The van der Waals surface area contributed by atoms with Gasteiger partial charge in [-0.2, -0.15) is 0 Å². The summed E-state index contributed by atoms with van der Waals surface area (Å²) >= 11 is 1.12. The highest BCUT2D eigenvalue weighted by Gasteiger charge is 2.14. The van der Waals surface area contributed by atoms with Crippen LogP contribution in [0.4, 0.5) is 14.5 Å². The lowest BCUT2D eigenvalue weighted by atomic mass is 10.2. The fraction of sp³-hybridized carbons (Fsp3) is 0.200. The number of carbonyl (C=O) groups is 2. The summed E-state index contributed by atoms with van der Waals surface area (Å²) in [5, 5.41) is 13.8. The molecule has 1 heterocycles. The van der Waals surface area contributed by atoms with E-state index >= 15 is 0 Å². The number of rotatable bonds is 8. The topological polar surface area (TPSA) is 84.0 Å². The zero-order valence-electron chi connectivity index (χ0n) is 15.3. The van der Waals surface area contributed by atoms with Gasteiger partial charge in [0.2, 0.25) is 10.9 Å². The molecule has 0 saturated heterocycles. The van der Waals surface area contributed by atoms with Crippen molar-refractivity contribution < 1.29 is 18.4 Å². The van der Waals surface area contributed by atoms with Gasteiger partial charge in [0.25, 0.3) is 5.91 Å². The molecule has 9 heteroatoms. The van der Waals surface area contributed by atoms with Crippen molar-refractivity contribution in [3.8, 4) is 0 Å². The Morgan fingerprint density at radius 3 is 2.66 bits per heavy atom. The highest BCUT2D eigenvalue weighted by molar-refractivity contribution is 7.13. The summed E-state index contributed by atoms with van der Waals surface area (Å²) in [5.41, 5.74) is 0.761. The highest BCUT2D eigenvalue weighted by Crippen LogP contribution is 2.16. The average molecular weight is 416 g/mol. The number of nitrogens with zero attached hydrogens (tertiary/aromatic N) is 2. The third kappa shape index (κ3) is 6.15. The molecule has 2 aromatic carbocycles. The molecule has 0 radical (unpaired) electrons. The van der Waals surface area contributed by atoms with E-state index in [1.807, 2.05) is 0 Å². The van der Waals surface area contributed by atoms with E-state index in [-0.39, 0.29) is 29.7 Å². The first kappa shape index (κ1) is 20.5. The molecule has 0 aliphatic carbocycles. The second-order valence-corrected chi connectivity index (χ2v) is 7.25. The van der Waals surface area contributed by atoms with Gasteiger partial charge in [0, 0.05) is 30.6 Å². The van der Waals surface area contributed by atoms with Gasteiger partial charge in [-0.15, -0.1) is 10.2 Å². The molecule has 2 amide bonds. The molecular formula is C20H18F2N4O2S. The normalized spacial score (nSPS) is 10.6. The Kier molecular flexibility index (Phi) is 6.96. The lowest BCUT2D eigenvalue weighted by Crippen LogP contribution is -2.23. The van der Waals surface area contributed by atoms with E-state index in [2.05, 4.69) is 20.8 Å². The van der Waals surface area contributed by atoms with Crippen molar-refractivity contribution in [2.75, 3.05) is 5.32 Å². The van der Waals surface area contributed by atoms with Crippen LogP contribution in [0.5, 0.6) is 0 Å². The lowest BCUT2D eigenvalue weighted by molar-refractivity contribution is -0.121. The molecule has 0 aliphatic heterocycles. The van der Waals surface area contributed by atoms with Gasteiger partial charge in [-0.25, -0.2) is 8.78 Å². The van der Waals surface area contributed by atoms with Crippen molar-refractivity contribution in [3.05, 3.63) is 75.7 Å². The van der Waals surface area contributed by atoms with Gasteiger partial charge >= 0.3 is 0 Å². The first-order valence-corrected chi connectivity index (χ1v) is 9.72. The number of anilines is 1. The van der Waals surface area contributed by atoms with Crippen molar-refractivity contribution in [3.63, 3.8) is 0 Å². The van der Waals surface area contributed by atoms with Crippen LogP contribution in [0.1, 0.15) is 33.2 Å². The molecule has 0 bridgehead atoms. The van der Waals surface area contributed by atoms with Crippen LogP contribution in [0.25, 0.3) is 0 Å². The standard InChI is InChI=1S/C20H18F2N4O2S/c21-14-6-3-7-15(11-14)24-19(28)20-26-25-18(29-20)10-4-9-17(27)23-12-13-5-1-2-8-16(13)22/h1-3,5-8,11H,4,9-10,12H2,(H,23,27)(H,24,28). The summed E-state index contributed by atoms with van der Waals surface area (Å²) in [5.74, 6) is -1.47. The molecule has 0 aliphatic rings. The van der Waals surface area contributed by atoms with E-state index < -0.39 is 11.7 Å². The maximum atomic E-state index is 13.5. The Labute approximate surface area is 170 Å². The van der Waals surface area contributed by atoms with E-state index in [1.54, 1.807) is 24.3 Å². The number of benzene rings is 2. The Morgan fingerprint density at radius 2 is 1.86 bits per heavy atom. The first-order valence-electron chi connectivity index (χ1n) is 8.90. The van der Waals surface area contributed by atoms with Crippen molar-refractivity contribution in [2.45, 2.75) is 25.8 Å². The largest absolute Gasteiger partial charge is 0.352 e. The monoisotopic (exact) mass is 416 g/mol. The van der Waals surface area contributed by atoms with E-state index in [0.717, 1.165) is 11.3 Å². The van der Waals surface area contributed by atoms with E-state index in [0.29, 0.717) is 29.1 Å². The number of halogens is 2. The van der Waals surface area contributed by atoms with Crippen LogP contribution in [-0.2, 0) is 17.8 Å². The molecular weight excluding hydrogens is 398 g/mol. The summed E-state index contributed by atoms with van der Waals surface area (Å²) in [4.78, 5) is 24.0. The van der Waals surface area contributed by atoms with Gasteiger partial charge in [-0.05, 0) is 30.7 Å². The summed E-state index contributed by atoms with van der Waals surface area (Å²) in [6.07, 6.45) is 1.25. The van der Waals surface area contributed by atoms with E-state index in [1.165, 1.54) is 24.3 Å². The molecule has 0 fully saturated rings. The van der Waals surface area contributed by atoms with Crippen LogP contribution in [0.3, 0.4) is 0 Å². The number of hydrogen-bond acceptors (Lipinski definition) is 5. The van der Waals surface area contributed by atoms with Gasteiger partial charge in [-0.3, -0.25) is 9.59 Å². The second-order valence-electron chi connectivity index (χ2n) is 6.19. The summed E-state index contributed by atoms with van der Waals surface area (Å²) in [6.45, 7) is 0.134. The molecule has 6 nitrogen and oxygen atoms in total. The molecule has 0 saturated carbocycles. The number of aromatic nitrogens is 2. The van der Waals surface area contributed by atoms with Crippen molar-refractivity contribution >= 4 is 28.8 Å². The molecule has 0 spiro atoms. The number of hydrogen-bond donors (Lipinski definition) is 2. The fourth-order valence-electron chi connectivity index (χ4n) is 2.52. The minimum Gasteiger partial charge on any atom is -0.352 e. The molecule has 150 valence electrons. The van der Waals surface area contributed by atoms with Gasteiger partial charge in [0.05, 0.1) is 0 Å². The third-order valence-electron chi connectivity index (χ3n) is 3.97. The van der Waals surface area contributed by atoms with E-state index in [9.17, 15) is 18.4 Å². The Hall–Kier alpha value is -3.20. The van der Waals surface area contributed by atoms with Crippen molar-refractivity contribution in [1.82, 2.24) is 15.5 Å². The Bertz CT molecular complexity index is 1010. The minimum atomic E-state index is -0.470. The summed E-state index contributed by atoms with van der Waals surface area (Å²) in [7, 11) is 0. The molecule has 3 aromatic rings. The second kappa shape index (κ2) is 9.83. The smallest absolute Gasteiger partial charge is 0.286 e. The lowest BCUT2D eigenvalue weighted by Gasteiger charge is -2.05. The fourth-order valence-corrected chi connectivity index (χ4v) is 3.30. The SMILES string of the molecule is O=C(CCCc1nnc(C(=O)Nc2cccc(F)c2)s1)NCc1ccccc1F. The molecule has 0 atom stereocenters. The quantitative estimate of drug-likeness (QED) is 0.586. The maximum Gasteiger partial charge on any atom is 0.286 e. The minimum absolute atomic E-state index is 0.134. The molecule has 29 heavy (non-hydrogen) atoms. The third-order valence-corrected chi connectivity index (χ3v) is 4.95. The van der Waals surface area contributed by atoms with Crippen LogP contribution >= 0.6 is 11.3 Å². The van der Waals surface area contributed by atoms with Gasteiger partial charge in [-0.1, -0.05) is 35.6 Å². The first-order chi connectivity index (χ1) is 14.0. The van der Waals surface area contributed by atoms with Crippen LogP contribution in [0, 0.1) is 11.6 Å². The summed E-state index contributed by atoms with van der Waals surface area (Å²) in [6, 6.07) is 11.8. The molecule has 0 unspecified atom stereocenters. The van der Waals surface area contributed by atoms with Crippen LogP contribution in [-0.4, -0.2) is 22.0 Å². The predicted octanol–water partition coefficient (Wildman–Crippen LogP) is 3.71. The average Bonchev–Trinajstić information content (AvgIpc) is 3.16. The van der Waals surface area contributed by atoms with Gasteiger partial charge < -0.3 is 10.6 Å². The Morgan fingerprint density at radius 1 is 1.03 bits per heavy atom. The number of aryl methyl sites for hydroxylation is 1. The number of amides is 2. The number of carbonyl (C=O) groups excluding carboxylic acids is 2. The van der Waals surface area contributed by atoms with Gasteiger partial charge in [0.1, 0.15) is 16.6 Å². The number of nitrogens with one attached hydrogen (secondary N) is 2. The van der Waals surface area contributed by atoms with Crippen LogP contribution in [0.15, 0.2) is 48.5 Å². The predicted molar refractivity (Wildman–Crippen MR) is 105 cm³/mol. The van der Waals surface area contributed by atoms with E-state index in [4.69, 9.17) is 0 Å². The van der Waals surface area contributed by atoms with Crippen molar-refractivity contribution in [2.24, 2.45) is 0 Å². The summed E-state index contributed by atoms with van der Waals surface area (Å²) < 4.78 is 26.7.